The molecule has 18 heavy (non-hydrogen) atoms. The van der Waals surface area contributed by atoms with Gasteiger partial charge in [-0.25, -0.2) is 0 Å². The van der Waals surface area contributed by atoms with E-state index < -0.39 is 5.97 Å². The van der Waals surface area contributed by atoms with E-state index in [-0.39, 0.29) is 0 Å². The van der Waals surface area contributed by atoms with Gasteiger partial charge in [-0.15, -0.1) is 0 Å². The molecule has 0 aliphatic rings. The molecule has 0 aromatic rings. The SMILES string of the molecule is CCCCOC([CH2][SnH])(OCCCC)OCCCC. The molecule has 0 aliphatic heterocycles. The van der Waals surface area contributed by atoms with Crippen molar-refractivity contribution in [2.24, 2.45) is 0 Å². The van der Waals surface area contributed by atoms with E-state index in [1.54, 1.807) is 0 Å². The molecule has 0 spiro atoms. The van der Waals surface area contributed by atoms with Crippen LogP contribution >= 0.6 is 0 Å². The molecule has 3 nitrogen and oxygen atoms in total. The molecule has 2 radical (unpaired) electrons. The Balaban J connectivity index is 4.20. The topological polar surface area (TPSA) is 27.7 Å². The quantitative estimate of drug-likeness (QED) is 0.285. The summed E-state index contributed by atoms with van der Waals surface area (Å²) in [5.74, 6) is -0.748. The first kappa shape index (κ1) is 18.7. The van der Waals surface area contributed by atoms with Crippen molar-refractivity contribution < 1.29 is 14.2 Å². The van der Waals surface area contributed by atoms with E-state index in [0.717, 1.165) is 85.3 Å². The Kier molecular flexibility index (Phi) is 13.2. The zero-order valence-electron chi connectivity index (χ0n) is 12.4. The molecule has 4 heteroatoms. The van der Waals surface area contributed by atoms with Crippen LogP contribution in [0.4, 0.5) is 0 Å². The Labute approximate surface area is 126 Å². The average molecular weight is 365 g/mol. The third-order valence-electron chi connectivity index (χ3n) is 2.71. The van der Waals surface area contributed by atoms with Gasteiger partial charge >= 0.3 is 126 Å². The number of unbranched alkanes of at least 4 members (excludes halogenated alkanes) is 3. The Morgan fingerprint density at radius 1 is 0.722 bits per heavy atom. The first-order valence-electron chi connectivity index (χ1n) is 7.36. The molecule has 108 valence electrons. The summed E-state index contributed by atoms with van der Waals surface area (Å²) >= 11 is 1.09. The number of rotatable bonds is 13. The van der Waals surface area contributed by atoms with Gasteiger partial charge in [0.05, 0.1) is 0 Å². The predicted octanol–water partition coefficient (Wildman–Crippen LogP) is 3.41. The molecule has 0 N–H and O–H groups in total. The minimum atomic E-state index is -0.748. The van der Waals surface area contributed by atoms with Gasteiger partial charge in [-0.3, -0.25) is 0 Å². The van der Waals surface area contributed by atoms with Crippen molar-refractivity contribution in [3.63, 3.8) is 0 Å². The van der Waals surface area contributed by atoms with Crippen LogP contribution in [-0.4, -0.2) is 48.3 Å². The van der Waals surface area contributed by atoms with E-state index in [0.29, 0.717) is 0 Å². The first-order chi connectivity index (χ1) is 8.74. The molecule has 0 atom stereocenters. The second kappa shape index (κ2) is 12.7. The predicted molar refractivity (Wildman–Crippen MR) is 77.3 cm³/mol. The summed E-state index contributed by atoms with van der Waals surface area (Å²) in [4.78, 5) is 0. The normalized spacial score (nSPS) is 12.0. The zero-order valence-corrected chi connectivity index (χ0v) is 15.7. The van der Waals surface area contributed by atoms with Crippen LogP contribution < -0.4 is 0 Å². The Bertz CT molecular complexity index is 150. The summed E-state index contributed by atoms with van der Waals surface area (Å²) in [6.45, 7) is 8.70. The number of hydrogen-bond acceptors (Lipinski definition) is 3. The first-order valence-corrected chi connectivity index (χ1v) is 9.69. The van der Waals surface area contributed by atoms with E-state index in [1.807, 2.05) is 0 Å². The Hall–Kier alpha value is 0.679. The maximum atomic E-state index is 5.90. The van der Waals surface area contributed by atoms with Gasteiger partial charge in [0, 0.05) is 0 Å². The molecule has 0 fully saturated rings. The van der Waals surface area contributed by atoms with Gasteiger partial charge in [0.1, 0.15) is 0 Å². The van der Waals surface area contributed by atoms with Crippen LogP contribution in [0.15, 0.2) is 0 Å². The zero-order chi connectivity index (χ0) is 13.7. The third-order valence-corrected chi connectivity index (χ3v) is 4.14. The molecule has 0 saturated carbocycles. The van der Waals surface area contributed by atoms with E-state index in [2.05, 4.69) is 20.8 Å². The fourth-order valence-electron chi connectivity index (χ4n) is 1.42. The summed E-state index contributed by atoms with van der Waals surface area (Å²) in [5, 5.41) is 0. The van der Waals surface area contributed by atoms with Crippen LogP contribution in [0.3, 0.4) is 0 Å². The second-order valence-electron chi connectivity index (χ2n) is 4.49. The van der Waals surface area contributed by atoms with Crippen LogP contribution in [0.2, 0.25) is 4.44 Å². The van der Waals surface area contributed by atoms with Crippen molar-refractivity contribution in [1.82, 2.24) is 0 Å². The van der Waals surface area contributed by atoms with E-state index >= 15 is 0 Å². The van der Waals surface area contributed by atoms with Crippen molar-refractivity contribution in [3.8, 4) is 0 Å². The van der Waals surface area contributed by atoms with Crippen LogP contribution in [0.1, 0.15) is 59.3 Å². The van der Waals surface area contributed by atoms with Crippen molar-refractivity contribution in [1.29, 1.82) is 0 Å². The van der Waals surface area contributed by atoms with Gasteiger partial charge in [-0.05, 0) is 0 Å². The monoisotopic (exact) mass is 366 g/mol. The van der Waals surface area contributed by atoms with E-state index in [4.69, 9.17) is 14.2 Å². The van der Waals surface area contributed by atoms with Crippen molar-refractivity contribution in [3.05, 3.63) is 0 Å². The fraction of sp³-hybridized carbons (Fsp3) is 1.00. The molecule has 0 aromatic carbocycles. The molecular weight excluding hydrogens is 335 g/mol. The van der Waals surface area contributed by atoms with Gasteiger partial charge in [0.2, 0.25) is 0 Å². The van der Waals surface area contributed by atoms with Crippen LogP contribution in [0.5, 0.6) is 0 Å². The van der Waals surface area contributed by atoms with Gasteiger partial charge in [-0.1, -0.05) is 0 Å². The summed E-state index contributed by atoms with van der Waals surface area (Å²) in [5.41, 5.74) is 0. The van der Waals surface area contributed by atoms with Crippen molar-refractivity contribution >= 4 is 22.5 Å². The molecule has 0 unspecified atom stereocenters. The maximum absolute atomic E-state index is 5.90. The van der Waals surface area contributed by atoms with Gasteiger partial charge in [0.15, 0.2) is 0 Å². The van der Waals surface area contributed by atoms with Gasteiger partial charge in [-0.2, -0.15) is 0 Å². The number of ether oxygens (including phenoxy) is 3. The second-order valence-corrected chi connectivity index (χ2v) is 5.66. The molecule has 0 heterocycles. The molecule has 0 saturated heterocycles. The summed E-state index contributed by atoms with van der Waals surface area (Å²) < 4.78 is 18.6. The average Bonchev–Trinajstić information content (AvgIpc) is 2.39. The summed E-state index contributed by atoms with van der Waals surface area (Å²) in [7, 11) is 0. The summed E-state index contributed by atoms with van der Waals surface area (Å²) in [6.07, 6.45) is 6.62. The molecular formula is C14H30O3Sn. The molecule has 0 rings (SSSR count). The van der Waals surface area contributed by atoms with Gasteiger partial charge in [0.25, 0.3) is 0 Å². The Morgan fingerprint density at radius 3 is 1.28 bits per heavy atom. The molecule has 0 aliphatic carbocycles. The summed E-state index contributed by atoms with van der Waals surface area (Å²) in [6, 6.07) is 0. The van der Waals surface area contributed by atoms with Crippen molar-refractivity contribution in [2.45, 2.75) is 69.7 Å². The number of hydrogen-bond donors (Lipinski definition) is 0. The standard InChI is InChI=1S/C14H29O3.Sn.H/c1-5-8-11-15-14(4,16-12-9-6-2)17-13-10-7-3;;/h4-13H2,1-3H3;;. The third kappa shape index (κ3) is 8.72. The van der Waals surface area contributed by atoms with E-state index in [9.17, 15) is 0 Å². The molecule has 0 aromatic heterocycles. The minimum absolute atomic E-state index is 0.732. The van der Waals surface area contributed by atoms with Gasteiger partial charge < -0.3 is 0 Å². The molecule has 0 amide bonds. The Morgan fingerprint density at radius 2 is 1.06 bits per heavy atom. The van der Waals surface area contributed by atoms with Crippen molar-refractivity contribution in [2.75, 3.05) is 19.8 Å². The molecule has 0 bridgehead atoms. The van der Waals surface area contributed by atoms with Crippen LogP contribution in [0.25, 0.3) is 0 Å². The van der Waals surface area contributed by atoms with Crippen LogP contribution in [-0.2, 0) is 14.2 Å². The fourth-order valence-corrected chi connectivity index (χ4v) is 2.43. The van der Waals surface area contributed by atoms with Crippen LogP contribution in [0, 0.1) is 0 Å². The van der Waals surface area contributed by atoms with E-state index in [1.165, 1.54) is 0 Å².